The van der Waals surface area contributed by atoms with Gasteiger partial charge in [-0.05, 0) is 17.7 Å². The van der Waals surface area contributed by atoms with Gasteiger partial charge in [0, 0.05) is 10.7 Å². The van der Waals surface area contributed by atoms with Crippen molar-refractivity contribution >= 4 is 19.7 Å². The average Bonchev–Trinajstić information content (AvgIpc) is 1.82. The van der Waals surface area contributed by atoms with Gasteiger partial charge in [-0.3, -0.25) is 0 Å². The summed E-state index contributed by atoms with van der Waals surface area (Å²) in [5.74, 6) is -0.806. The van der Waals surface area contributed by atoms with Gasteiger partial charge in [0.25, 0.3) is 0 Å². The zero-order valence-corrected chi connectivity index (χ0v) is 7.57. The first kappa shape index (κ1) is 9.48. The summed E-state index contributed by atoms with van der Waals surface area (Å²) in [6.07, 6.45) is 0. The molecule has 0 aliphatic heterocycles. The second kappa shape index (κ2) is 3.41. The molecule has 0 radical (unpaired) electrons. The number of rotatable bonds is 2. The molecule has 0 aliphatic rings. The minimum absolute atomic E-state index is 0.341. The van der Waals surface area contributed by atoms with Crippen LogP contribution in [0.1, 0.15) is 5.56 Å². The lowest BCUT2D eigenvalue weighted by molar-refractivity contribution is 0.608. The Morgan fingerprint density at radius 1 is 1.42 bits per heavy atom. The molecule has 0 unspecified atom stereocenters. The fourth-order valence-electron chi connectivity index (χ4n) is 0.826. The van der Waals surface area contributed by atoms with E-state index >= 15 is 0 Å². The van der Waals surface area contributed by atoms with Crippen molar-refractivity contribution in [3.05, 3.63) is 35.6 Å². The largest absolute Gasteiger partial charge is 0.236 e. The summed E-state index contributed by atoms with van der Waals surface area (Å²) in [6, 6.07) is 5.32. The van der Waals surface area contributed by atoms with Gasteiger partial charge in [0.15, 0.2) is 0 Å². The van der Waals surface area contributed by atoms with Gasteiger partial charge in [0.05, 0.1) is 5.75 Å². The predicted molar refractivity (Wildman–Crippen MR) is 44.9 cm³/mol. The van der Waals surface area contributed by atoms with E-state index in [1.807, 2.05) is 0 Å². The lowest BCUT2D eigenvalue weighted by atomic mass is 10.2. The SMILES string of the molecule is O=S(=O)(Cl)Cc1cccc(F)c1. The van der Waals surface area contributed by atoms with E-state index in [9.17, 15) is 12.8 Å². The monoisotopic (exact) mass is 208 g/mol. The van der Waals surface area contributed by atoms with Crippen LogP contribution in [0.25, 0.3) is 0 Å². The van der Waals surface area contributed by atoms with Gasteiger partial charge in [-0.25, -0.2) is 12.8 Å². The lowest BCUT2D eigenvalue weighted by Gasteiger charge is -1.96. The van der Waals surface area contributed by atoms with Crippen molar-refractivity contribution in [2.24, 2.45) is 0 Å². The molecule has 12 heavy (non-hydrogen) atoms. The Morgan fingerprint density at radius 3 is 2.58 bits per heavy atom. The highest BCUT2D eigenvalue weighted by Gasteiger charge is 2.06. The molecule has 1 aromatic rings. The van der Waals surface area contributed by atoms with Crippen molar-refractivity contribution in [1.82, 2.24) is 0 Å². The van der Waals surface area contributed by atoms with E-state index in [-0.39, 0.29) is 5.75 Å². The third-order valence-electron chi connectivity index (χ3n) is 1.23. The predicted octanol–water partition coefficient (Wildman–Crippen LogP) is 1.89. The summed E-state index contributed by atoms with van der Waals surface area (Å²) in [4.78, 5) is 0. The molecule has 1 aromatic carbocycles. The maximum absolute atomic E-state index is 12.5. The third kappa shape index (κ3) is 3.19. The minimum Gasteiger partial charge on any atom is -0.212 e. The fraction of sp³-hybridized carbons (Fsp3) is 0.143. The standard InChI is InChI=1S/C7H6ClFO2S/c8-12(10,11)5-6-2-1-3-7(9)4-6/h1-4H,5H2. The van der Waals surface area contributed by atoms with Crippen LogP contribution in [0.3, 0.4) is 0 Å². The Bertz CT molecular complexity index is 375. The van der Waals surface area contributed by atoms with Crippen molar-refractivity contribution in [2.75, 3.05) is 0 Å². The van der Waals surface area contributed by atoms with Gasteiger partial charge in [-0.15, -0.1) is 0 Å². The topological polar surface area (TPSA) is 34.1 Å². The fourth-order valence-corrected chi connectivity index (χ4v) is 1.78. The van der Waals surface area contributed by atoms with E-state index in [0.29, 0.717) is 5.56 Å². The van der Waals surface area contributed by atoms with Crippen molar-refractivity contribution in [1.29, 1.82) is 0 Å². The summed E-state index contributed by atoms with van der Waals surface area (Å²) >= 11 is 0. The molecule has 0 spiro atoms. The van der Waals surface area contributed by atoms with Gasteiger partial charge < -0.3 is 0 Å². The molecule has 0 atom stereocenters. The van der Waals surface area contributed by atoms with Gasteiger partial charge in [0.1, 0.15) is 5.82 Å². The van der Waals surface area contributed by atoms with E-state index in [2.05, 4.69) is 0 Å². The van der Waals surface area contributed by atoms with E-state index in [4.69, 9.17) is 10.7 Å². The molecule has 1 rings (SSSR count). The molecule has 5 heteroatoms. The Labute approximate surface area is 74.4 Å². The highest BCUT2D eigenvalue weighted by Crippen LogP contribution is 2.10. The van der Waals surface area contributed by atoms with Crippen LogP contribution in [0.2, 0.25) is 0 Å². The quantitative estimate of drug-likeness (QED) is 0.696. The molecule has 0 heterocycles. The van der Waals surface area contributed by atoms with E-state index in [1.165, 1.54) is 18.2 Å². The Hall–Kier alpha value is -0.610. The molecule has 0 fully saturated rings. The summed E-state index contributed by atoms with van der Waals surface area (Å²) in [5, 5.41) is 0. The number of halogens is 2. The number of benzene rings is 1. The van der Waals surface area contributed by atoms with Crippen molar-refractivity contribution in [3.63, 3.8) is 0 Å². The first-order chi connectivity index (χ1) is 5.47. The minimum atomic E-state index is -3.59. The molecule has 0 bridgehead atoms. The Morgan fingerprint density at radius 2 is 2.08 bits per heavy atom. The van der Waals surface area contributed by atoms with E-state index < -0.39 is 14.9 Å². The van der Waals surface area contributed by atoms with Crippen molar-refractivity contribution < 1.29 is 12.8 Å². The van der Waals surface area contributed by atoms with Crippen LogP contribution in [0.15, 0.2) is 24.3 Å². The summed E-state index contributed by atoms with van der Waals surface area (Å²) in [6.45, 7) is 0. The molecule has 2 nitrogen and oxygen atoms in total. The number of hydrogen-bond donors (Lipinski definition) is 0. The van der Waals surface area contributed by atoms with Crippen LogP contribution >= 0.6 is 10.7 Å². The van der Waals surface area contributed by atoms with Crippen molar-refractivity contribution in [2.45, 2.75) is 5.75 Å². The summed E-state index contributed by atoms with van der Waals surface area (Å²) in [7, 11) is 1.38. The highest BCUT2D eigenvalue weighted by atomic mass is 35.7. The summed E-state index contributed by atoms with van der Waals surface area (Å²) < 4.78 is 33.6. The summed E-state index contributed by atoms with van der Waals surface area (Å²) in [5.41, 5.74) is 0.352. The molecular formula is C7H6ClFO2S. The van der Waals surface area contributed by atoms with Crippen LogP contribution in [0, 0.1) is 5.82 Å². The van der Waals surface area contributed by atoms with E-state index in [0.717, 1.165) is 6.07 Å². The lowest BCUT2D eigenvalue weighted by Crippen LogP contribution is -1.94. The molecular weight excluding hydrogens is 203 g/mol. The Kier molecular flexibility index (Phi) is 2.69. The smallest absolute Gasteiger partial charge is 0.212 e. The first-order valence-electron chi connectivity index (χ1n) is 3.14. The zero-order valence-electron chi connectivity index (χ0n) is 6.00. The molecule has 0 saturated heterocycles. The molecule has 0 amide bonds. The van der Waals surface area contributed by atoms with Crippen LogP contribution in [0.4, 0.5) is 4.39 Å². The molecule has 0 N–H and O–H groups in total. The van der Waals surface area contributed by atoms with Crippen LogP contribution in [0.5, 0.6) is 0 Å². The second-order valence-electron chi connectivity index (χ2n) is 2.31. The van der Waals surface area contributed by atoms with Crippen LogP contribution in [-0.2, 0) is 14.8 Å². The molecule has 0 saturated carbocycles. The normalized spacial score (nSPS) is 11.5. The zero-order chi connectivity index (χ0) is 9.19. The number of hydrogen-bond acceptors (Lipinski definition) is 2. The average molecular weight is 209 g/mol. The van der Waals surface area contributed by atoms with E-state index in [1.54, 1.807) is 0 Å². The maximum Gasteiger partial charge on any atom is 0.236 e. The highest BCUT2D eigenvalue weighted by molar-refractivity contribution is 8.13. The third-order valence-corrected chi connectivity index (χ3v) is 2.23. The van der Waals surface area contributed by atoms with Gasteiger partial charge >= 0.3 is 0 Å². The molecule has 0 aromatic heterocycles. The maximum atomic E-state index is 12.5. The Balaban J connectivity index is 2.91. The van der Waals surface area contributed by atoms with Crippen molar-refractivity contribution in [3.8, 4) is 0 Å². The molecule has 0 aliphatic carbocycles. The molecule has 66 valence electrons. The first-order valence-corrected chi connectivity index (χ1v) is 5.62. The van der Waals surface area contributed by atoms with Gasteiger partial charge in [-0.2, -0.15) is 0 Å². The second-order valence-corrected chi connectivity index (χ2v) is 5.09. The van der Waals surface area contributed by atoms with Crippen LogP contribution < -0.4 is 0 Å². The van der Waals surface area contributed by atoms with Gasteiger partial charge in [0.2, 0.25) is 9.05 Å². The van der Waals surface area contributed by atoms with Gasteiger partial charge in [-0.1, -0.05) is 12.1 Å². The van der Waals surface area contributed by atoms with Crippen LogP contribution in [-0.4, -0.2) is 8.42 Å².